The predicted octanol–water partition coefficient (Wildman–Crippen LogP) is 1.89. The van der Waals surface area contributed by atoms with Crippen molar-refractivity contribution < 1.29 is 14.4 Å². The Morgan fingerprint density at radius 3 is 2.65 bits per heavy atom. The molecular formula is C12H13FN2O2. The van der Waals surface area contributed by atoms with E-state index < -0.39 is 5.82 Å². The number of amides is 1. The molecule has 1 heterocycles. The Labute approximate surface area is 98.3 Å². The second-order valence-electron chi connectivity index (χ2n) is 3.97. The lowest BCUT2D eigenvalue weighted by atomic mass is 10.1. The largest absolute Gasteiger partial charge is 0.411 e. The van der Waals surface area contributed by atoms with Gasteiger partial charge in [-0.05, 0) is 18.2 Å². The molecule has 1 saturated heterocycles. The number of likely N-dealkylation sites (tertiary alicyclic amines) is 1. The van der Waals surface area contributed by atoms with Gasteiger partial charge in [-0.25, -0.2) is 4.39 Å². The Morgan fingerprint density at radius 1 is 1.35 bits per heavy atom. The minimum absolute atomic E-state index is 0.179. The van der Waals surface area contributed by atoms with Crippen molar-refractivity contribution >= 4 is 11.6 Å². The van der Waals surface area contributed by atoms with Crippen LogP contribution >= 0.6 is 0 Å². The first-order chi connectivity index (χ1) is 8.20. The van der Waals surface area contributed by atoms with Gasteiger partial charge >= 0.3 is 0 Å². The van der Waals surface area contributed by atoms with Crippen LogP contribution in [0.3, 0.4) is 0 Å². The molecule has 1 aromatic rings. The SMILES string of the molecule is O=C(c1cccc(F)c1)N1CCC(=NO)CC1. The van der Waals surface area contributed by atoms with Crippen LogP contribution in [0.4, 0.5) is 4.39 Å². The van der Waals surface area contributed by atoms with E-state index in [1.807, 2.05) is 0 Å². The lowest BCUT2D eigenvalue weighted by molar-refractivity contribution is 0.0753. The maximum absolute atomic E-state index is 13.0. The van der Waals surface area contributed by atoms with Gasteiger partial charge in [0, 0.05) is 31.5 Å². The molecular weight excluding hydrogens is 223 g/mol. The molecule has 0 unspecified atom stereocenters. The first-order valence-electron chi connectivity index (χ1n) is 5.45. The number of hydrogen-bond acceptors (Lipinski definition) is 3. The summed E-state index contributed by atoms with van der Waals surface area (Å²) in [5.74, 6) is -0.591. The highest BCUT2D eigenvalue weighted by Crippen LogP contribution is 2.12. The van der Waals surface area contributed by atoms with Crippen molar-refractivity contribution in [1.29, 1.82) is 0 Å². The Kier molecular flexibility index (Phi) is 3.37. The second kappa shape index (κ2) is 4.95. The Balaban J connectivity index is 2.07. The summed E-state index contributed by atoms with van der Waals surface area (Å²) in [5, 5.41) is 11.8. The van der Waals surface area contributed by atoms with Crippen LogP contribution in [0.15, 0.2) is 29.4 Å². The van der Waals surface area contributed by atoms with Crippen LogP contribution in [0.1, 0.15) is 23.2 Å². The maximum Gasteiger partial charge on any atom is 0.253 e. The smallest absolute Gasteiger partial charge is 0.253 e. The third kappa shape index (κ3) is 2.61. The number of benzene rings is 1. The van der Waals surface area contributed by atoms with Crippen molar-refractivity contribution in [2.45, 2.75) is 12.8 Å². The van der Waals surface area contributed by atoms with E-state index in [-0.39, 0.29) is 5.91 Å². The molecule has 2 rings (SSSR count). The summed E-state index contributed by atoms with van der Waals surface area (Å²) in [4.78, 5) is 13.6. The van der Waals surface area contributed by atoms with Gasteiger partial charge in [0.15, 0.2) is 0 Å². The van der Waals surface area contributed by atoms with Gasteiger partial charge in [0.05, 0.1) is 5.71 Å². The van der Waals surface area contributed by atoms with E-state index in [4.69, 9.17) is 5.21 Å². The third-order valence-electron chi connectivity index (χ3n) is 2.84. The molecule has 0 saturated carbocycles. The van der Waals surface area contributed by atoms with Gasteiger partial charge in [-0.1, -0.05) is 11.2 Å². The van der Waals surface area contributed by atoms with E-state index in [1.54, 1.807) is 11.0 Å². The molecule has 0 spiro atoms. The minimum atomic E-state index is -0.412. The molecule has 1 amide bonds. The average molecular weight is 236 g/mol. The monoisotopic (exact) mass is 236 g/mol. The molecule has 4 nitrogen and oxygen atoms in total. The minimum Gasteiger partial charge on any atom is -0.411 e. The Morgan fingerprint density at radius 2 is 2.06 bits per heavy atom. The quantitative estimate of drug-likeness (QED) is 0.598. The number of piperidine rings is 1. The summed E-state index contributed by atoms with van der Waals surface area (Å²) < 4.78 is 13.0. The van der Waals surface area contributed by atoms with E-state index in [1.165, 1.54) is 18.2 Å². The van der Waals surface area contributed by atoms with Crippen molar-refractivity contribution in [1.82, 2.24) is 4.90 Å². The fourth-order valence-electron chi connectivity index (χ4n) is 1.87. The maximum atomic E-state index is 13.0. The fraction of sp³-hybridized carbons (Fsp3) is 0.333. The zero-order valence-electron chi connectivity index (χ0n) is 9.27. The van der Waals surface area contributed by atoms with E-state index in [9.17, 15) is 9.18 Å². The van der Waals surface area contributed by atoms with Gasteiger partial charge in [0.25, 0.3) is 5.91 Å². The Bertz CT molecular complexity index is 450. The number of rotatable bonds is 1. The third-order valence-corrected chi connectivity index (χ3v) is 2.84. The summed E-state index contributed by atoms with van der Waals surface area (Å²) in [6, 6.07) is 5.66. The van der Waals surface area contributed by atoms with Gasteiger partial charge in [-0.15, -0.1) is 0 Å². The standard InChI is InChI=1S/C12H13FN2O2/c13-10-3-1-2-9(8-10)12(16)15-6-4-11(14-17)5-7-15/h1-3,8,17H,4-7H2. The first kappa shape index (κ1) is 11.6. The number of nitrogens with zero attached hydrogens (tertiary/aromatic N) is 2. The Hall–Kier alpha value is -1.91. The molecule has 0 radical (unpaired) electrons. The van der Waals surface area contributed by atoms with Gasteiger partial charge in [0.2, 0.25) is 0 Å². The zero-order chi connectivity index (χ0) is 12.3. The van der Waals surface area contributed by atoms with Crippen molar-refractivity contribution in [3.8, 4) is 0 Å². The molecule has 1 aromatic carbocycles. The van der Waals surface area contributed by atoms with Crippen molar-refractivity contribution in [2.75, 3.05) is 13.1 Å². The van der Waals surface area contributed by atoms with Crippen LogP contribution < -0.4 is 0 Å². The molecule has 1 fully saturated rings. The number of hydrogen-bond donors (Lipinski definition) is 1. The highest BCUT2D eigenvalue weighted by molar-refractivity contribution is 5.95. The average Bonchev–Trinajstić information content (AvgIpc) is 2.38. The molecule has 0 aromatic heterocycles. The fourth-order valence-corrected chi connectivity index (χ4v) is 1.87. The molecule has 1 aliphatic rings. The van der Waals surface area contributed by atoms with Crippen molar-refractivity contribution in [3.05, 3.63) is 35.6 Å². The van der Waals surface area contributed by atoms with Crippen LogP contribution in [-0.4, -0.2) is 34.8 Å². The van der Waals surface area contributed by atoms with Gasteiger partial charge in [-0.2, -0.15) is 0 Å². The predicted molar refractivity (Wildman–Crippen MR) is 60.8 cm³/mol. The molecule has 5 heteroatoms. The summed E-state index contributed by atoms with van der Waals surface area (Å²) in [6.45, 7) is 1.02. The van der Waals surface area contributed by atoms with Crippen LogP contribution in [0.2, 0.25) is 0 Å². The van der Waals surface area contributed by atoms with Crippen LogP contribution in [0, 0.1) is 5.82 Å². The summed E-state index contributed by atoms with van der Waals surface area (Å²) in [5.41, 5.74) is 1.06. The lowest BCUT2D eigenvalue weighted by Crippen LogP contribution is -2.38. The number of carbonyl (C=O) groups excluding carboxylic acids is 1. The van der Waals surface area contributed by atoms with E-state index in [0.29, 0.717) is 37.2 Å². The molecule has 90 valence electrons. The van der Waals surface area contributed by atoms with Gasteiger partial charge in [0.1, 0.15) is 5.82 Å². The first-order valence-corrected chi connectivity index (χ1v) is 5.45. The summed E-state index contributed by atoms with van der Waals surface area (Å²) in [7, 11) is 0. The lowest BCUT2D eigenvalue weighted by Gasteiger charge is -2.27. The molecule has 1 aliphatic heterocycles. The number of oxime groups is 1. The zero-order valence-corrected chi connectivity index (χ0v) is 9.27. The molecule has 0 bridgehead atoms. The topological polar surface area (TPSA) is 52.9 Å². The van der Waals surface area contributed by atoms with Crippen LogP contribution in [-0.2, 0) is 0 Å². The second-order valence-corrected chi connectivity index (χ2v) is 3.97. The van der Waals surface area contributed by atoms with E-state index >= 15 is 0 Å². The normalized spacial score (nSPS) is 15.8. The molecule has 17 heavy (non-hydrogen) atoms. The summed E-state index contributed by atoms with van der Waals surface area (Å²) in [6.07, 6.45) is 1.13. The molecule has 0 atom stereocenters. The molecule has 1 N–H and O–H groups in total. The van der Waals surface area contributed by atoms with Crippen molar-refractivity contribution in [2.24, 2.45) is 5.16 Å². The molecule has 0 aliphatic carbocycles. The highest BCUT2D eigenvalue weighted by atomic mass is 19.1. The van der Waals surface area contributed by atoms with Crippen LogP contribution in [0.5, 0.6) is 0 Å². The van der Waals surface area contributed by atoms with Crippen molar-refractivity contribution in [3.63, 3.8) is 0 Å². The summed E-state index contributed by atoms with van der Waals surface area (Å²) >= 11 is 0. The number of halogens is 1. The van der Waals surface area contributed by atoms with Gasteiger partial charge in [-0.3, -0.25) is 4.79 Å². The van der Waals surface area contributed by atoms with E-state index in [0.717, 1.165) is 0 Å². The highest BCUT2D eigenvalue weighted by Gasteiger charge is 2.21. The van der Waals surface area contributed by atoms with Gasteiger partial charge < -0.3 is 10.1 Å². The van der Waals surface area contributed by atoms with Crippen LogP contribution in [0.25, 0.3) is 0 Å². The van der Waals surface area contributed by atoms with E-state index in [2.05, 4.69) is 5.16 Å². The number of carbonyl (C=O) groups is 1.